The summed E-state index contributed by atoms with van der Waals surface area (Å²) < 4.78 is 6.00. The average molecular weight is 383 g/mol. The molecule has 0 amide bonds. The first-order chi connectivity index (χ1) is 14.0. The Kier molecular flexibility index (Phi) is 5.10. The maximum absolute atomic E-state index is 12.8. The van der Waals surface area contributed by atoms with Crippen molar-refractivity contribution in [3.05, 3.63) is 113 Å². The third kappa shape index (κ3) is 3.88. The molecule has 1 heterocycles. The van der Waals surface area contributed by atoms with Gasteiger partial charge in [-0.3, -0.25) is 4.79 Å². The van der Waals surface area contributed by atoms with Crippen LogP contribution in [-0.2, 0) is 9.53 Å². The van der Waals surface area contributed by atoms with Gasteiger partial charge in [-0.05, 0) is 43.9 Å². The maximum Gasteiger partial charge on any atom is 0.317 e. The molecule has 0 unspecified atom stereocenters. The van der Waals surface area contributed by atoms with Crippen LogP contribution in [0.15, 0.2) is 90.5 Å². The molecule has 0 saturated heterocycles. The van der Waals surface area contributed by atoms with E-state index in [4.69, 9.17) is 4.74 Å². The number of carbonyl (C=O) groups is 1. The molecule has 146 valence electrons. The van der Waals surface area contributed by atoms with Gasteiger partial charge in [0.1, 0.15) is 5.76 Å². The molecule has 0 N–H and O–H groups in total. The number of ether oxygens (including phenoxy) is 1. The monoisotopic (exact) mass is 382 g/mol. The van der Waals surface area contributed by atoms with E-state index < -0.39 is 5.41 Å². The summed E-state index contributed by atoms with van der Waals surface area (Å²) in [5.74, 6) is 0.560. The Morgan fingerprint density at radius 2 is 1.31 bits per heavy atom. The number of cyclic esters (lactones) is 1. The maximum atomic E-state index is 12.8. The van der Waals surface area contributed by atoms with Crippen LogP contribution in [0.5, 0.6) is 0 Å². The number of hydrogen-bond donors (Lipinski definition) is 0. The van der Waals surface area contributed by atoms with Gasteiger partial charge in [-0.25, -0.2) is 0 Å². The van der Waals surface area contributed by atoms with E-state index in [1.54, 1.807) is 0 Å². The molecule has 1 aliphatic rings. The van der Waals surface area contributed by atoms with Crippen molar-refractivity contribution in [2.75, 3.05) is 0 Å². The van der Waals surface area contributed by atoms with Gasteiger partial charge < -0.3 is 4.74 Å². The standard InChI is InChI=1S/C27H26O2/c1-19-14-16-22(17-15-19)25-23(18-27(2,3)26(28)29-25)24(20-10-6-4-7-11-20)21-12-8-5-9-13-21/h4-17,24H,18H2,1-3H3. The first kappa shape index (κ1) is 19.2. The van der Waals surface area contributed by atoms with Crippen molar-refractivity contribution in [2.24, 2.45) is 5.41 Å². The van der Waals surface area contributed by atoms with Gasteiger partial charge >= 0.3 is 5.97 Å². The van der Waals surface area contributed by atoms with E-state index in [1.165, 1.54) is 16.7 Å². The lowest BCUT2D eigenvalue weighted by Gasteiger charge is -2.35. The van der Waals surface area contributed by atoms with Gasteiger partial charge in [0.25, 0.3) is 0 Å². The highest BCUT2D eigenvalue weighted by molar-refractivity contribution is 5.87. The molecule has 2 heteroatoms. The van der Waals surface area contributed by atoms with Crippen molar-refractivity contribution in [1.82, 2.24) is 0 Å². The van der Waals surface area contributed by atoms with Crippen LogP contribution in [0.1, 0.15) is 48.4 Å². The summed E-state index contributed by atoms with van der Waals surface area (Å²) in [5.41, 5.74) is 5.12. The second kappa shape index (κ2) is 7.71. The Labute approximate surface area is 172 Å². The average Bonchev–Trinajstić information content (AvgIpc) is 2.73. The predicted molar refractivity (Wildman–Crippen MR) is 117 cm³/mol. The molecule has 0 aliphatic carbocycles. The number of carbonyl (C=O) groups excluding carboxylic acids is 1. The van der Waals surface area contributed by atoms with Crippen molar-refractivity contribution >= 4 is 11.7 Å². The molecule has 0 bridgehead atoms. The minimum Gasteiger partial charge on any atom is -0.425 e. The lowest BCUT2D eigenvalue weighted by molar-refractivity contribution is -0.147. The van der Waals surface area contributed by atoms with Gasteiger partial charge in [0.05, 0.1) is 5.41 Å². The Morgan fingerprint density at radius 3 is 1.83 bits per heavy atom. The Hall–Kier alpha value is -3.13. The summed E-state index contributed by atoms with van der Waals surface area (Å²) in [4.78, 5) is 12.8. The van der Waals surface area contributed by atoms with Gasteiger partial charge in [0.15, 0.2) is 0 Å². The topological polar surface area (TPSA) is 26.3 Å². The first-order valence-electron chi connectivity index (χ1n) is 10.1. The van der Waals surface area contributed by atoms with E-state index in [-0.39, 0.29) is 11.9 Å². The van der Waals surface area contributed by atoms with Crippen LogP contribution >= 0.6 is 0 Å². The van der Waals surface area contributed by atoms with Crippen molar-refractivity contribution in [3.8, 4) is 0 Å². The molecular weight excluding hydrogens is 356 g/mol. The van der Waals surface area contributed by atoms with Crippen LogP contribution < -0.4 is 0 Å². The van der Waals surface area contributed by atoms with Crippen molar-refractivity contribution in [3.63, 3.8) is 0 Å². The summed E-state index contributed by atoms with van der Waals surface area (Å²) >= 11 is 0. The molecule has 0 fully saturated rings. The largest absolute Gasteiger partial charge is 0.425 e. The zero-order valence-electron chi connectivity index (χ0n) is 17.2. The van der Waals surface area contributed by atoms with Gasteiger partial charge in [0.2, 0.25) is 0 Å². The highest BCUT2D eigenvalue weighted by Gasteiger charge is 2.40. The molecular formula is C27H26O2. The summed E-state index contributed by atoms with van der Waals surface area (Å²) in [6.45, 7) is 5.99. The Morgan fingerprint density at radius 1 is 0.793 bits per heavy atom. The fraction of sp³-hybridized carbons (Fsp3) is 0.222. The number of esters is 1. The molecule has 1 aliphatic heterocycles. The molecule has 29 heavy (non-hydrogen) atoms. The number of hydrogen-bond acceptors (Lipinski definition) is 2. The van der Waals surface area contributed by atoms with E-state index >= 15 is 0 Å². The van der Waals surface area contributed by atoms with Crippen LogP contribution in [-0.4, -0.2) is 5.97 Å². The number of aryl methyl sites for hydroxylation is 1. The predicted octanol–water partition coefficient (Wildman–Crippen LogP) is 6.51. The van der Waals surface area contributed by atoms with Gasteiger partial charge in [0, 0.05) is 11.5 Å². The normalized spacial score (nSPS) is 16.1. The minimum absolute atomic E-state index is 0.0288. The zero-order valence-corrected chi connectivity index (χ0v) is 17.2. The lowest BCUT2D eigenvalue weighted by Crippen LogP contribution is -2.33. The summed E-state index contributed by atoms with van der Waals surface area (Å²) in [5, 5.41) is 0. The SMILES string of the molecule is Cc1ccc(C2=C(C(c3ccccc3)c3ccccc3)CC(C)(C)C(=O)O2)cc1. The van der Waals surface area contributed by atoms with Crippen molar-refractivity contribution in [2.45, 2.75) is 33.1 Å². The fourth-order valence-corrected chi connectivity index (χ4v) is 3.99. The highest BCUT2D eigenvalue weighted by Crippen LogP contribution is 2.46. The quantitative estimate of drug-likeness (QED) is 0.481. The van der Waals surface area contributed by atoms with Crippen LogP contribution in [0.25, 0.3) is 5.76 Å². The van der Waals surface area contributed by atoms with Crippen molar-refractivity contribution < 1.29 is 9.53 Å². The van der Waals surface area contributed by atoms with Gasteiger partial charge in [-0.15, -0.1) is 0 Å². The summed E-state index contributed by atoms with van der Waals surface area (Å²) in [6.07, 6.45) is 0.656. The molecule has 0 aromatic heterocycles. The van der Waals surface area contributed by atoms with Crippen LogP contribution in [0.4, 0.5) is 0 Å². The molecule has 3 aromatic rings. The second-order valence-electron chi connectivity index (χ2n) is 8.42. The number of allylic oxidation sites excluding steroid dienone is 1. The molecule has 2 nitrogen and oxygen atoms in total. The summed E-state index contributed by atoms with van der Waals surface area (Å²) in [7, 11) is 0. The molecule has 0 atom stereocenters. The first-order valence-corrected chi connectivity index (χ1v) is 10.1. The smallest absolute Gasteiger partial charge is 0.317 e. The zero-order chi connectivity index (χ0) is 20.4. The van der Waals surface area contributed by atoms with Gasteiger partial charge in [-0.2, -0.15) is 0 Å². The van der Waals surface area contributed by atoms with Crippen LogP contribution in [0, 0.1) is 12.3 Å². The van der Waals surface area contributed by atoms with E-state index in [9.17, 15) is 4.79 Å². The molecule has 0 spiro atoms. The van der Waals surface area contributed by atoms with E-state index in [0.717, 1.165) is 11.1 Å². The fourth-order valence-electron chi connectivity index (χ4n) is 3.99. The Bertz CT molecular complexity index is 989. The molecule has 0 saturated carbocycles. The molecule has 3 aromatic carbocycles. The highest BCUT2D eigenvalue weighted by atomic mass is 16.5. The second-order valence-corrected chi connectivity index (χ2v) is 8.42. The summed E-state index contributed by atoms with van der Waals surface area (Å²) in [6, 6.07) is 29.2. The number of benzene rings is 3. The third-order valence-corrected chi connectivity index (χ3v) is 5.60. The van der Waals surface area contributed by atoms with Gasteiger partial charge in [-0.1, -0.05) is 90.5 Å². The Balaban J connectivity index is 1.96. The van der Waals surface area contributed by atoms with E-state index in [1.807, 2.05) is 38.1 Å². The van der Waals surface area contributed by atoms with Crippen molar-refractivity contribution in [1.29, 1.82) is 0 Å². The lowest BCUT2D eigenvalue weighted by atomic mass is 9.74. The minimum atomic E-state index is -0.564. The number of rotatable bonds is 4. The van der Waals surface area contributed by atoms with Crippen LogP contribution in [0.2, 0.25) is 0 Å². The van der Waals surface area contributed by atoms with E-state index in [0.29, 0.717) is 12.2 Å². The van der Waals surface area contributed by atoms with E-state index in [2.05, 4.69) is 67.6 Å². The molecule has 4 rings (SSSR count). The third-order valence-electron chi connectivity index (χ3n) is 5.60. The van der Waals surface area contributed by atoms with Crippen LogP contribution in [0.3, 0.4) is 0 Å². The molecule has 0 radical (unpaired) electrons.